The first kappa shape index (κ1) is 14.9. The summed E-state index contributed by atoms with van der Waals surface area (Å²) in [6.45, 7) is 2.12. The third kappa shape index (κ3) is 4.00. The van der Waals surface area contributed by atoms with E-state index in [-0.39, 0.29) is 19.3 Å². The van der Waals surface area contributed by atoms with Crippen LogP contribution in [0.1, 0.15) is 11.1 Å². The van der Waals surface area contributed by atoms with Gasteiger partial charge in [-0.05, 0) is 42.8 Å². The van der Waals surface area contributed by atoms with Crippen LogP contribution in [0.3, 0.4) is 0 Å². The number of amides is 1. The van der Waals surface area contributed by atoms with Gasteiger partial charge in [0.25, 0.3) is 5.91 Å². The van der Waals surface area contributed by atoms with E-state index in [1.165, 1.54) is 6.21 Å². The number of rotatable bonds is 5. The van der Waals surface area contributed by atoms with Crippen molar-refractivity contribution >= 4 is 12.1 Å². The number of ether oxygens (including phenoxy) is 3. The molecule has 1 amide bonds. The average molecular weight is 312 g/mol. The first-order chi connectivity index (χ1) is 11.2. The zero-order valence-electron chi connectivity index (χ0n) is 12.6. The van der Waals surface area contributed by atoms with Crippen LogP contribution in [0.4, 0.5) is 0 Å². The highest BCUT2D eigenvalue weighted by Gasteiger charge is 2.12. The molecule has 0 saturated carbocycles. The van der Waals surface area contributed by atoms with E-state index >= 15 is 0 Å². The van der Waals surface area contributed by atoms with Gasteiger partial charge in [0.15, 0.2) is 18.1 Å². The number of carbonyl (C=O) groups excluding carboxylic acids is 1. The highest BCUT2D eigenvalue weighted by atomic mass is 16.7. The van der Waals surface area contributed by atoms with Gasteiger partial charge < -0.3 is 14.2 Å². The van der Waals surface area contributed by atoms with Gasteiger partial charge in [-0.1, -0.05) is 17.7 Å². The van der Waals surface area contributed by atoms with Crippen molar-refractivity contribution in [1.82, 2.24) is 5.43 Å². The molecule has 23 heavy (non-hydrogen) atoms. The van der Waals surface area contributed by atoms with Gasteiger partial charge in [0.05, 0.1) is 6.21 Å². The van der Waals surface area contributed by atoms with E-state index in [2.05, 4.69) is 10.5 Å². The maximum Gasteiger partial charge on any atom is 0.277 e. The number of carbonyl (C=O) groups is 1. The zero-order valence-corrected chi connectivity index (χ0v) is 12.6. The third-order valence-electron chi connectivity index (χ3n) is 3.19. The molecule has 0 spiro atoms. The molecule has 0 aromatic heterocycles. The number of nitrogens with zero attached hydrogens (tertiary/aromatic N) is 1. The van der Waals surface area contributed by atoms with E-state index in [1.54, 1.807) is 12.1 Å². The lowest BCUT2D eigenvalue weighted by molar-refractivity contribution is -0.123. The van der Waals surface area contributed by atoms with E-state index in [0.717, 1.165) is 11.1 Å². The number of hydrazone groups is 1. The second-order valence-corrected chi connectivity index (χ2v) is 5.01. The summed E-state index contributed by atoms with van der Waals surface area (Å²) in [5.74, 6) is 1.69. The molecule has 0 aliphatic carbocycles. The second kappa shape index (κ2) is 6.83. The Morgan fingerprint density at radius 2 is 2.00 bits per heavy atom. The highest BCUT2D eigenvalue weighted by molar-refractivity contribution is 5.83. The summed E-state index contributed by atoms with van der Waals surface area (Å²) in [7, 11) is 0. The third-order valence-corrected chi connectivity index (χ3v) is 3.19. The van der Waals surface area contributed by atoms with Crippen molar-refractivity contribution in [3.63, 3.8) is 0 Å². The minimum atomic E-state index is -0.331. The molecule has 3 rings (SSSR count). The molecule has 6 nitrogen and oxygen atoms in total. The Labute approximate surface area is 133 Å². The van der Waals surface area contributed by atoms with Crippen molar-refractivity contribution in [2.24, 2.45) is 5.10 Å². The lowest BCUT2D eigenvalue weighted by atomic mass is 10.2. The molecule has 0 radical (unpaired) electrons. The maximum atomic E-state index is 11.7. The van der Waals surface area contributed by atoms with Crippen LogP contribution in [0.2, 0.25) is 0 Å². The van der Waals surface area contributed by atoms with Gasteiger partial charge in [-0.2, -0.15) is 5.10 Å². The van der Waals surface area contributed by atoms with Crippen LogP contribution in [-0.4, -0.2) is 25.5 Å². The summed E-state index contributed by atoms with van der Waals surface area (Å²) < 4.78 is 15.9. The molecule has 1 aliphatic rings. The summed E-state index contributed by atoms with van der Waals surface area (Å²) >= 11 is 0. The van der Waals surface area contributed by atoms with Crippen LogP contribution in [0, 0.1) is 6.92 Å². The predicted octanol–water partition coefficient (Wildman–Crippen LogP) is 2.25. The van der Waals surface area contributed by atoms with E-state index in [4.69, 9.17) is 14.2 Å². The summed E-state index contributed by atoms with van der Waals surface area (Å²) in [5, 5.41) is 3.89. The number of hydrogen-bond acceptors (Lipinski definition) is 5. The minimum Gasteiger partial charge on any atom is -0.484 e. The average Bonchev–Trinajstić information content (AvgIpc) is 3.02. The number of hydrogen-bond donors (Lipinski definition) is 1. The smallest absolute Gasteiger partial charge is 0.277 e. The van der Waals surface area contributed by atoms with E-state index in [9.17, 15) is 4.79 Å². The number of nitrogens with one attached hydrogen (secondary N) is 1. The summed E-state index contributed by atoms with van der Waals surface area (Å²) in [6.07, 6.45) is 1.53. The van der Waals surface area contributed by atoms with E-state index in [1.807, 2.05) is 37.3 Å². The molecule has 1 aliphatic heterocycles. The van der Waals surface area contributed by atoms with Crippen LogP contribution in [0.25, 0.3) is 0 Å². The molecule has 6 heteroatoms. The topological polar surface area (TPSA) is 69.2 Å². The fraction of sp³-hybridized carbons (Fsp3) is 0.176. The van der Waals surface area contributed by atoms with Gasteiger partial charge in [-0.25, -0.2) is 5.43 Å². The van der Waals surface area contributed by atoms with Crippen molar-refractivity contribution in [3.05, 3.63) is 53.6 Å². The van der Waals surface area contributed by atoms with Crippen molar-refractivity contribution < 1.29 is 19.0 Å². The molecule has 0 bridgehead atoms. The Kier molecular flexibility index (Phi) is 4.42. The normalized spacial score (nSPS) is 12.4. The molecule has 118 valence electrons. The Hall–Kier alpha value is -3.02. The van der Waals surface area contributed by atoms with Crippen molar-refractivity contribution in [3.8, 4) is 17.2 Å². The lowest BCUT2D eigenvalue weighted by Gasteiger charge is -2.05. The van der Waals surface area contributed by atoms with Crippen LogP contribution in [0.15, 0.2) is 47.6 Å². The Morgan fingerprint density at radius 1 is 1.22 bits per heavy atom. The summed E-state index contributed by atoms with van der Waals surface area (Å²) in [4.78, 5) is 11.7. The van der Waals surface area contributed by atoms with Gasteiger partial charge in [-0.15, -0.1) is 0 Å². The standard InChI is InChI=1S/C17H16N2O4/c1-12-2-5-14(6-3-12)21-10-17(20)19-18-9-13-4-7-15-16(8-13)23-11-22-15/h2-9H,10-11H2,1H3,(H,19,20)/b18-9+. The lowest BCUT2D eigenvalue weighted by Crippen LogP contribution is -2.24. The Bertz CT molecular complexity index is 726. The first-order valence-corrected chi connectivity index (χ1v) is 7.12. The predicted molar refractivity (Wildman–Crippen MR) is 85.0 cm³/mol. The van der Waals surface area contributed by atoms with Crippen LogP contribution in [0.5, 0.6) is 17.2 Å². The molecule has 1 heterocycles. The number of benzene rings is 2. The molecule has 0 fully saturated rings. The van der Waals surface area contributed by atoms with Gasteiger partial charge >= 0.3 is 0 Å². The largest absolute Gasteiger partial charge is 0.484 e. The van der Waals surface area contributed by atoms with Gasteiger partial charge in [-0.3, -0.25) is 4.79 Å². The summed E-state index contributed by atoms with van der Waals surface area (Å²) in [6, 6.07) is 12.9. The molecule has 0 saturated heterocycles. The quantitative estimate of drug-likeness (QED) is 0.679. The van der Waals surface area contributed by atoms with E-state index < -0.39 is 0 Å². The van der Waals surface area contributed by atoms with Crippen LogP contribution in [-0.2, 0) is 4.79 Å². The maximum absolute atomic E-state index is 11.7. The number of aryl methyl sites for hydroxylation is 1. The molecule has 2 aromatic carbocycles. The summed E-state index contributed by atoms with van der Waals surface area (Å²) in [5.41, 5.74) is 4.35. The van der Waals surface area contributed by atoms with Crippen molar-refractivity contribution in [2.45, 2.75) is 6.92 Å². The first-order valence-electron chi connectivity index (χ1n) is 7.12. The highest BCUT2D eigenvalue weighted by Crippen LogP contribution is 2.31. The monoisotopic (exact) mass is 312 g/mol. The molecule has 1 N–H and O–H groups in total. The van der Waals surface area contributed by atoms with Crippen molar-refractivity contribution in [1.29, 1.82) is 0 Å². The van der Waals surface area contributed by atoms with Crippen LogP contribution >= 0.6 is 0 Å². The van der Waals surface area contributed by atoms with E-state index in [0.29, 0.717) is 17.2 Å². The van der Waals surface area contributed by atoms with Gasteiger partial charge in [0.1, 0.15) is 5.75 Å². The molecular formula is C17H16N2O4. The van der Waals surface area contributed by atoms with Gasteiger partial charge in [0, 0.05) is 0 Å². The Balaban J connectivity index is 1.47. The molecular weight excluding hydrogens is 296 g/mol. The fourth-order valence-corrected chi connectivity index (χ4v) is 1.99. The molecule has 0 atom stereocenters. The minimum absolute atomic E-state index is 0.0957. The molecule has 2 aromatic rings. The Morgan fingerprint density at radius 3 is 2.83 bits per heavy atom. The SMILES string of the molecule is Cc1ccc(OCC(=O)N/N=C/c2ccc3c(c2)OCO3)cc1. The van der Waals surface area contributed by atoms with Crippen LogP contribution < -0.4 is 19.6 Å². The number of fused-ring (bicyclic) bond motifs is 1. The molecule has 0 unspecified atom stereocenters. The van der Waals surface area contributed by atoms with Crippen molar-refractivity contribution in [2.75, 3.05) is 13.4 Å². The zero-order chi connectivity index (χ0) is 16.1. The fourth-order valence-electron chi connectivity index (χ4n) is 1.99. The van der Waals surface area contributed by atoms with Gasteiger partial charge in [0.2, 0.25) is 6.79 Å². The second-order valence-electron chi connectivity index (χ2n) is 5.01.